The molecule has 0 spiro atoms. The fourth-order valence-corrected chi connectivity index (χ4v) is 2.75. The first-order chi connectivity index (χ1) is 9.81. The second-order valence-corrected chi connectivity index (χ2v) is 8.32. The summed E-state index contributed by atoms with van der Waals surface area (Å²) in [5, 5.41) is 13.2. The van der Waals surface area contributed by atoms with Crippen molar-refractivity contribution in [2.45, 2.75) is 73.4 Å². The summed E-state index contributed by atoms with van der Waals surface area (Å²) in [7, 11) is 0. The SMILES string of the molecule is Cc1cc(O)cc(C)c1C[C@H](NC(C)(C)C)C(=O)C(C)(C)C. The molecule has 124 valence electrons. The van der Waals surface area contributed by atoms with Crippen LogP contribution in [0.3, 0.4) is 0 Å². The number of hydrogen-bond acceptors (Lipinski definition) is 3. The third kappa shape index (κ3) is 5.13. The van der Waals surface area contributed by atoms with Crippen LogP contribution in [0.25, 0.3) is 0 Å². The Balaban J connectivity index is 3.17. The van der Waals surface area contributed by atoms with E-state index < -0.39 is 0 Å². The van der Waals surface area contributed by atoms with Crippen molar-refractivity contribution in [2.75, 3.05) is 0 Å². The van der Waals surface area contributed by atoms with Crippen LogP contribution in [0.4, 0.5) is 0 Å². The maximum absolute atomic E-state index is 12.8. The molecule has 0 unspecified atom stereocenters. The Labute approximate surface area is 135 Å². The minimum Gasteiger partial charge on any atom is -0.508 e. The van der Waals surface area contributed by atoms with Crippen molar-refractivity contribution in [3.05, 3.63) is 28.8 Å². The van der Waals surface area contributed by atoms with E-state index in [-0.39, 0.29) is 28.5 Å². The standard InChI is InChI=1S/C19H31NO2/c1-12-9-14(21)10-13(2)15(12)11-16(20-19(6,7)8)17(22)18(3,4)5/h9-10,16,20-21H,11H2,1-8H3/t16-/m0/s1. The Morgan fingerprint density at radius 1 is 1.09 bits per heavy atom. The van der Waals surface area contributed by atoms with Crippen molar-refractivity contribution in [3.8, 4) is 5.75 Å². The van der Waals surface area contributed by atoms with Gasteiger partial charge in [0.15, 0.2) is 5.78 Å². The molecule has 1 atom stereocenters. The van der Waals surface area contributed by atoms with Crippen LogP contribution in [0, 0.1) is 19.3 Å². The lowest BCUT2D eigenvalue weighted by Crippen LogP contribution is -2.52. The third-order valence-corrected chi connectivity index (χ3v) is 3.75. The predicted octanol–water partition coefficient (Wildman–Crippen LogP) is 3.92. The topological polar surface area (TPSA) is 49.3 Å². The molecule has 0 saturated carbocycles. The Morgan fingerprint density at radius 3 is 1.91 bits per heavy atom. The molecular formula is C19H31NO2. The molecule has 0 aliphatic carbocycles. The number of hydrogen-bond donors (Lipinski definition) is 2. The van der Waals surface area contributed by atoms with Crippen LogP contribution in [0.2, 0.25) is 0 Å². The van der Waals surface area contributed by atoms with Crippen molar-refractivity contribution in [3.63, 3.8) is 0 Å². The number of nitrogens with one attached hydrogen (secondary N) is 1. The van der Waals surface area contributed by atoms with Crippen molar-refractivity contribution in [1.82, 2.24) is 5.32 Å². The normalized spacial score (nSPS) is 14.0. The second kappa shape index (κ2) is 6.41. The van der Waals surface area contributed by atoms with E-state index >= 15 is 0 Å². The van der Waals surface area contributed by atoms with Gasteiger partial charge in [-0.2, -0.15) is 0 Å². The van der Waals surface area contributed by atoms with Crippen LogP contribution in [0.1, 0.15) is 58.2 Å². The van der Waals surface area contributed by atoms with E-state index in [0.29, 0.717) is 6.42 Å². The summed E-state index contributed by atoms with van der Waals surface area (Å²) in [6.45, 7) is 16.1. The largest absolute Gasteiger partial charge is 0.508 e. The average Bonchev–Trinajstić information content (AvgIpc) is 2.28. The number of phenols is 1. The molecular weight excluding hydrogens is 274 g/mol. The molecule has 0 fully saturated rings. The first-order valence-electron chi connectivity index (χ1n) is 7.92. The van der Waals surface area contributed by atoms with Crippen LogP contribution in [-0.4, -0.2) is 22.5 Å². The molecule has 0 amide bonds. The summed E-state index contributed by atoms with van der Waals surface area (Å²) >= 11 is 0. The molecule has 1 aromatic rings. The van der Waals surface area contributed by atoms with Gasteiger partial charge in [0.1, 0.15) is 5.75 Å². The van der Waals surface area contributed by atoms with E-state index in [1.54, 1.807) is 12.1 Å². The van der Waals surface area contributed by atoms with Crippen molar-refractivity contribution in [2.24, 2.45) is 5.41 Å². The van der Waals surface area contributed by atoms with Gasteiger partial charge in [0.05, 0.1) is 6.04 Å². The summed E-state index contributed by atoms with van der Waals surface area (Å²) < 4.78 is 0. The quantitative estimate of drug-likeness (QED) is 0.886. The van der Waals surface area contributed by atoms with E-state index in [1.807, 2.05) is 34.6 Å². The molecule has 2 N–H and O–H groups in total. The fraction of sp³-hybridized carbons (Fsp3) is 0.632. The molecule has 0 bridgehead atoms. The Hall–Kier alpha value is -1.35. The molecule has 22 heavy (non-hydrogen) atoms. The summed E-state index contributed by atoms with van der Waals surface area (Å²) in [6, 6.07) is 3.29. The molecule has 0 aliphatic rings. The van der Waals surface area contributed by atoms with E-state index in [2.05, 4.69) is 26.1 Å². The molecule has 0 aromatic heterocycles. The lowest BCUT2D eigenvalue weighted by molar-refractivity contribution is -0.128. The van der Waals surface area contributed by atoms with Gasteiger partial charge in [-0.3, -0.25) is 4.79 Å². The summed E-state index contributed by atoms with van der Waals surface area (Å²) in [5.74, 6) is 0.496. The third-order valence-electron chi connectivity index (χ3n) is 3.75. The molecule has 1 rings (SSSR count). The van der Waals surface area contributed by atoms with E-state index in [0.717, 1.165) is 16.7 Å². The Bertz CT molecular complexity index is 525. The zero-order valence-electron chi connectivity index (χ0n) is 15.3. The minimum absolute atomic E-state index is 0.135. The number of benzene rings is 1. The maximum atomic E-state index is 12.8. The highest BCUT2D eigenvalue weighted by Gasteiger charge is 2.32. The number of Topliss-reactive ketones (excluding diaryl/α,β-unsaturated/α-hetero) is 1. The highest BCUT2D eigenvalue weighted by atomic mass is 16.3. The van der Waals surface area contributed by atoms with Gasteiger partial charge in [-0.1, -0.05) is 20.8 Å². The predicted molar refractivity (Wildman–Crippen MR) is 92.4 cm³/mol. The number of ketones is 1. The molecule has 0 saturated heterocycles. The molecule has 0 heterocycles. The van der Waals surface area contributed by atoms with Gasteiger partial charge in [-0.15, -0.1) is 0 Å². The average molecular weight is 305 g/mol. The zero-order valence-corrected chi connectivity index (χ0v) is 15.3. The first-order valence-corrected chi connectivity index (χ1v) is 7.92. The van der Waals surface area contributed by atoms with Gasteiger partial charge in [0.2, 0.25) is 0 Å². The lowest BCUT2D eigenvalue weighted by Gasteiger charge is -2.32. The molecule has 3 heteroatoms. The Kier molecular flexibility index (Phi) is 5.45. The minimum atomic E-state index is -0.387. The summed E-state index contributed by atoms with van der Waals surface area (Å²) in [5.41, 5.74) is 2.67. The summed E-state index contributed by atoms with van der Waals surface area (Å²) in [4.78, 5) is 12.8. The van der Waals surface area contributed by atoms with Gasteiger partial charge >= 0.3 is 0 Å². The highest BCUT2D eigenvalue weighted by molar-refractivity contribution is 5.89. The fourth-order valence-electron chi connectivity index (χ4n) is 2.75. The van der Waals surface area contributed by atoms with Crippen LogP contribution < -0.4 is 5.32 Å². The molecule has 0 aliphatic heterocycles. The van der Waals surface area contributed by atoms with Gasteiger partial charge in [0.25, 0.3) is 0 Å². The lowest BCUT2D eigenvalue weighted by atomic mass is 9.82. The van der Waals surface area contributed by atoms with E-state index in [1.165, 1.54) is 0 Å². The van der Waals surface area contributed by atoms with Gasteiger partial charge < -0.3 is 10.4 Å². The number of carbonyl (C=O) groups excluding carboxylic acids is 1. The maximum Gasteiger partial charge on any atom is 0.155 e. The molecule has 0 radical (unpaired) electrons. The van der Waals surface area contributed by atoms with Crippen molar-refractivity contribution < 1.29 is 9.90 Å². The van der Waals surface area contributed by atoms with Gasteiger partial charge in [-0.05, 0) is 69.9 Å². The van der Waals surface area contributed by atoms with Crippen LogP contribution in [0.15, 0.2) is 12.1 Å². The second-order valence-electron chi connectivity index (χ2n) is 8.32. The molecule has 3 nitrogen and oxygen atoms in total. The number of aryl methyl sites for hydroxylation is 2. The van der Waals surface area contributed by atoms with Crippen LogP contribution in [0.5, 0.6) is 5.75 Å². The zero-order chi connectivity index (χ0) is 17.3. The number of phenolic OH excluding ortho intramolecular Hbond substituents is 1. The number of rotatable bonds is 4. The molecule has 1 aromatic carbocycles. The van der Waals surface area contributed by atoms with Gasteiger partial charge in [0, 0.05) is 11.0 Å². The number of carbonyl (C=O) groups is 1. The van der Waals surface area contributed by atoms with E-state index in [4.69, 9.17) is 0 Å². The van der Waals surface area contributed by atoms with Crippen LogP contribution in [-0.2, 0) is 11.2 Å². The van der Waals surface area contributed by atoms with E-state index in [9.17, 15) is 9.90 Å². The monoisotopic (exact) mass is 305 g/mol. The smallest absolute Gasteiger partial charge is 0.155 e. The van der Waals surface area contributed by atoms with Crippen LogP contribution >= 0.6 is 0 Å². The highest BCUT2D eigenvalue weighted by Crippen LogP contribution is 2.25. The summed E-state index contributed by atoms with van der Waals surface area (Å²) in [6.07, 6.45) is 0.644. The number of aromatic hydroxyl groups is 1. The van der Waals surface area contributed by atoms with Gasteiger partial charge in [-0.25, -0.2) is 0 Å². The Morgan fingerprint density at radius 2 is 1.55 bits per heavy atom. The first kappa shape index (κ1) is 18.7. The van der Waals surface area contributed by atoms with Crippen molar-refractivity contribution in [1.29, 1.82) is 0 Å². The van der Waals surface area contributed by atoms with Crippen molar-refractivity contribution >= 4 is 5.78 Å².